The number of rotatable bonds is 2. The minimum atomic E-state index is -0.251. The second-order valence-corrected chi connectivity index (χ2v) is 5.23. The van der Waals surface area contributed by atoms with Gasteiger partial charge in [0.25, 0.3) is 0 Å². The van der Waals surface area contributed by atoms with Gasteiger partial charge in [-0.05, 0) is 46.2 Å². The number of hydrogen-bond acceptors (Lipinski definition) is 5. The number of anilines is 1. The highest BCUT2D eigenvalue weighted by molar-refractivity contribution is 5.36. The summed E-state index contributed by atoms with van der Waals surface area (Å²) < 4.78 is 14.9. The van der Waals surface area contributed by atoms with Gasteiger partial charge in [-0.2, -0.15) is 0 Å². The first kappa shape index (κ1) is 12.9. The molecule has 0 unspecified atom stereocenters. The largest absolute Gasteiger partial charge is 0.346 e. The average Bonchev–Trinajstić information content (AvgIpc) is 3.04. The quantitative estimate of drug-likeness (QED) is 0.786. The van der Waals surface area contributed by atoms with Crippen molar-refractivity contribution < 1.29 is 4.39 Å². The van der Waals surface area contributed by atoms with Crippen LogP contribution in [-0.2, 0) is 0 Å². The Labute approximate surface area is 126 Å². The third kappa shape index (κ3) is 2.20. The normalized spacial score (nSPS) is 20.2. The van der Waals surface area contributed by atoms with E-state index >= 15 is 0 Å². The molecule has 1 aromatic carbocycles. The molecule has 6 nitrogen and oxygen atoms in total. The van der Waals surface area contributed by atoms with Gasteiger partial charge in [0.2, 0.25) is 5.95 Å². The lowest BCUT2D eigenvalue weighted by atomic mass is 9.94. The van der Waals surface area contributed by atoms with Crippen molar-refractivity contribution in [3.8, 4) is 0 Å². The number of nitrogens with one attached hydrogen (secondary N) is 1. The second kappa shape index (κ2) is 5.18. The summed E-state index contributed by atoms with van der Waals surface area (Å²) in [5.74, 6) is 0.355. The Bertz CT molecular complexity index is 770. The molecule has 110 valence electrons. The van der Waals surface area contributed by atoms with Crippen LogP contribution >= 0.6 is 0 Å². The zero-order chi connectivity index (χ0) is 14.9. The predicted molar refractivity (Wildman–Crippen MR) is 77.6 cm³/mol. The van der Waals surface area contributed by atoms with Crippen LogP contribution in [0.2, 0.25) is 0 Å². The number of aromatic nitrogens is 5. The Morgan fingerprint density at radius 2 is 2.00 bits per heavy atom. The molecule has 3 heterocycles. The summed E-state index contributed by atoms with van der Waals surface area (Å²) in [6.07, 6.45) is 4.34. The first-order valence-electron chi connectivity index (χ1n) is 7.01. The molecule has 1 aliphatic rings. The van der Waals surface area contributed by atoms with Crippen LogP contribution in [0.1, 0.15) is 29.6 Å². The molecule has 0 bridgehead atoms. The third-order valence-corrected chi connectivity index (χ3v) is 3.89. The van der Waals surface area contributed by atoms with Crippen LogP contribution in [0, 0.1) is 5.82 Å². The Kier molecular flexibility index (Phi) is 3.03. The molecule has 0 spiro atoms. The van der Waals surface area contributed by atoms with Crippen molar-refractivity contribution in [1.82, 2.24) is 25.2 Å². The standard InChI is InChI=1S/C15H13FN6/c16-12-5-3-10(4-6-12)14-8-13(11-2-1-7-17-9-11)18-15-19-20-21-22(14)15/h1-7,9,13-14H,8H2,(H,18,19,21)/t13-,14+/m0/s1. The summed E-state index contributed by atoms with van der Waals surface area (Å²) in [5, 5.41) is 15.1. The van der Waals surface area contributed by atoms with E-state index in [0.717, 1.165) is 17.5 Å². The van der Waals surface area contributed by atoms with E-state index in [2.05, 4.69) is 25.8 Å². The zero-order valence-corrected chi connectivity index (χ0v) is 11.6. The number of nitrogens with zero attached hydrogens (tertiary/aromatic N) is 5. The summed E-state index contributed by atoms with van der Waals surface area (Å²) in [7, 11) is 0. The minimum Gasteiger partial charge on any atom is -0.346 e. The van der Waals surface area contributed by atoms with Gasteiger partial charge >= 0.3 is 0 Å². The van der Waals surface area contributed by atoms with Crippen LogP contribution in [0.4, 0.5) is 10.3 Å². The zero-order valence-electron chi connectivity index (χ0n) is 11.6. The number of tetrazole rings is 1. The van der Waals surface area contributed by atoms with E-state index in [-0.39, 0.29) is 17.9 Å². The SMILES string of the molecule is Fc1ccc([C@H]2C[C@@H](c3cccnc3)Nc3nnnn32)cc1. The monoisotopic (exact) mass is 296 g/mol. The maximum Gasteiger partial charge on any atom is 0.243 e. The molecule has 0 saturated heterocycles. The maximum absolute atomic E-state index is 13.2. The van der Waals surface area contributed by atoms with Crippen molar-refractivity contribution in [1.29, 1.82) is 0 Å². The van der Waals surface area contributed by atoms with Crippen LogP contribution < -0.4 is 5.32 Å². The summed E-state index contributed by atoms with van der Waals surface area (Å²) in [6, 6.07) is 10.4. The van der Waals surface area contributed by atoms with E-state index in [1.165, 1.54) is 12.1 Å². The van der Waals surface area contributed by atoms with Gasteiger partial charge < -0.3 is 5.32 Å². The van der Waals surface area contributed by atoms with Gasteiger partial charge in [-0.1, -0.05) is 23.3 Å². The number of pyridine rings is 1. The molecule has 3 aromatic rings. The van der Waals surface area contributed by atoms with Crippen LogP contribution in [0.5, 0.6) is 0 Å². The average molecular weight is 296 g/mol. The van der Waals surface area contributed by atoms with Gasteiger partial charge in [-0.15, -0.1) is 0 Å². The fraction of sp³-hybridized carbons (Fsp3) is 0.200. The molecule has 7 heteroatoms. The lowest BCUT2D eigenvalue weighted by Crippen LogP contribution is -2.28. The highest BCUT2D eigenvalue weighted by Crippen LogP contribution is 2.36. The number of benzene rings is 1. The minimum absolute atomic E-state index is 0.0444. The van der Waals surface area contributed by atoms with Crippen molar-refractivity contribution in [3.05, 3.63) is 65.7 Å². The van der Waals surface area contributed by atoms with E-state index in [9.17, 15) is 4.39 Å². The van der Waals surface area contributed by atoms with Gasteiger partial charge in [-0.3, -0.25) is 4.98 Å². The molecule has 4 rings (SSSR count). The van der Waals surface area contributed by atoms with Crippen LogP contribution in [0.15, 0.2) is 48.8 Å². The maximum atomic E-state index is 13.2. The Morgan fingerprint density at radius 3 is 2.77 bits per heavy atom. The third-order valence-electron chi connectivity index (χ3n) is 3.89. The summed E-state index contributed by atoms with van der Waals surface area (Å²) >= 11 is 0. The first-order valence-corrected chi connectivity index (χ1v) is 7.01. The Morgan fingerprint density at radius 1 is 1.14 bits per heavy atom. The molecular weight excluding hydrogens is 283 g/mol. The fourth-order valence-electron chi connectivity index (χ4n) is 2.80. The molecule has 2 aromatic heterocycles. The summed E-state index contributed by atoms with van der Waals surface area (Å²) in [6.45, 7) is 0. The van der Waals surface area contributed by atoms with Gasteiger partial charge in [-0.25, -0.2) is 9.07 Å². The van der Waals surface area contributed by atoms with Crippen molar-refractivity contribution in [3.63, 3.8) is 0 Å². The first-order chi connectivity index (χ1) is 10.8. The van der Waals surface area contributed by atoms with Gasteiger partial charge in [0, 0.05) is 12.4 Å². The molecule has 0 aliphatic carbocycles. The topological polar surface area (TPSA) is 68.5 Å². The van der Waals surface area contributed by atoms with E-state index in [1.54, 1.807) is 23.0 Å². The van der Waals surface area contributed by atoms with E-state index in [0.29, 0.717) is 5.95 Å². The van der Waals surface area contributed by atoms with Crippen molar-refractivity contribution >= 4 is 5.95 Å². The van der Waals surface area contributed by atoms with E-state index in [1.807, 2.05) is 18.3 Å². The lowest BCUT2D eigenvalue weighted by Gasteiger charge is -2.30. The molecule has 2 atom stereocenters. The number of fused-ring (bicyclic) bond motifs is 1. The molecule has 0 fully saturated rings. The van der Waals surface area contributed by atoms with Crippen molar-refractivity contribution in [2.24, 2.45) is 0 Å². The molecule has 22 heavy (non-hydrogen) atoms. The van der Waals surface area contributed by atoms with E-state index < -0.39 is 0 Å². The number of hydrogen-bond donors (Lipinski definition) is 1. The van der Waals surface area contributed by atoms with E-state index in [4.69, 9.17) is 0 Å². The molecule has 0 radical (unpaired) electrons. The molecule has 1 N–H and O–H groups in total. The van der Waals surface area contributed by atoms with Crippen LogP contribution in [0.3, 0.4) is 0 Å². The summed E-state index contributed by atoms with van der Waals surface area (Å²) in [4.78, 5) is 4.16. The molecular formula is C15H13FN6. The lowest BCUT2D eigenvalue weighted by molar-refractivity contribution is 0.423. The fourth-order valence-corrected chi connectivity index (χ4v) is 2.80. The molecule has 0 saturated carbocycles. The van der Waals surface area contributed by atoms with Gasteiger partial charge in [0.1, 0.15) is 5.82 Å². The van der Waals surface area contributed by atoms with Crippen LogP contribution in [0.25, 0.3) is 0 Å². The van der Waals surface area contributed by atoms with Crippen molar-refractivity contribution in [2.45, 2.75) is 18.5 Å². The van der Waals surface area contributed by atoms with Gasteiger partial charge in [0.15, 0.2) is 0 Å². The molecule has 0 amide bonds. The van der Waals surface area contributed by atoms with Crippen molar-refractivity contribution in [2.75, 3.05) is 5.32 Å². The van der Waals surface area contributed by atoms with Gasteiger partial charge in [0.05, 0.1) is 12.1 Å². The number of halogens is 1. The highest BCUT2D eigenvalue weighted by Gasteiger charge is 2.30. The summed E-state index contributed by atoms with van der Waals surface area (Å²) in [5.41, 5.74) is 2.05. The van der Waals surface area contributed by atoms with Crippen LogP contribution in [-0.4, -0.2) is 25.2 Å². The Hall–Kier alpha value is -2.83. The second-order valence-electron chi connectivity index (χ2n) is 5.23. The smallest absolute Gasteiger partial charge is 0.243 e. The Balaban J connectivity index is 1.73. The highest BCUT2D eigenvalue weighted by atomic mass is 19.1. The predicted octanol–water partition coefficient (Wildman–Crippen LogP) is 2.35. The molecule has 1 aliphatic heterocycles.